The molecule has 1 aromatic carbocycles. The Morgan fingerprint density at radius 1 is 1.12 bits per heavy atom. The fourth-order valence-corrected chi connectivity index (χ4v) is 3.16. The predicted molar refractivity (Wildman–Crippen MR) is 94.6 cm³/mol. The van der Waals surface area contributed by atoms with Gasteiger partial charge in [0.15, 0.2) is 5.82 Å². The number of aromatic nitrogens is 2. The molecule has 0 N–H and O–H groups in total. The van der Waals surface area contributed by atoms with Crippen LogP contribution in [-0.4, -0.2) is 41.1 Å². The van der Waals surface area contributed by atoms with E-state index in [2.05, 4.69) is 27.2 Å². The van der Waals surface area contributed by atoms with Crippen molar-refractivity contribution in [3.63, 3.8) is 0 Å². The highest BCUT2D eigenvalue weighted by Crippen LogP contribution is 2.23. The maximum atomic E-state index is 12.7. The van der Waals surface area contributed by atoms with Gasteiger partial charge in [0, 0.05) is 32.6 Å². The summed E-state index contributed by atoms with van der Waals surface area (Å²) in [5.41, 5.74) is 2.09. The zero-order valence-corrected chi connectivity index (χ0v) is 14.4. The lowest BCUT2D eigenvalue weighted by Crippen LogP contribution is -2.41. The van der Waals surface area contributed by atoms with Crippen LogP contribution in [0.3, 0.4) is 0 Å². The second-order valence-corrected chi connectivity index (χ2v) is 6.47. The third-order valence-electron chi connectivity index (χ3n) is 4.59. The van der Waals surface area contributed by atoms with Gasteiger partial charge in [-0.15, -0.1) is 5.10 Å². The van der Waals surface area contributed by atoms with E-state index in [1.165, 1.54) is 5.56 Å². The highest BCUT2D eigenvalue weighted by molar-refractivity contribution is 5.79. The summed E-state index contributed by atoms with van der Waals surface area (Å²) < 4.78 is 0. The Morgan fingerprint density at radius 3 is 2.46 bits per heavy atom. The largest absolute Gasteiger partial charge is 0.355 e. The Labute approximate surface area is 143 Å². The van der Waals surface area contributed by atoms with Crippen LogP contribution in [0.25, 0.3) is 0 Å². The summed E-state index contributed by atoms with van der Waals surface area (Å²) in [6.07, 6.45) is 1.74. The summed E-state index contributed by atoms with van der Waals surface area (Å²) in [5.74, 6) is 1.26. The molecule has 0 unspecified atom stereocenters. The summed E-state index contributed by atoms with van der Waals surface area (Å²) in [7, 11) is 1.90. The van der Waals surface area contributed by atoms with E-state index in [0.717, 1.165) is 37.4 Å². The lowest BCUT2D eigenvalue weighted by Gasteiger charge is -2.33. The number of carbonyl (C=O) groups excluding carboxylic acids is 1. The highest BCUT2D eigenvalue weighted by Gasteiger charge is 2.27. The number of piperidine rings is 1. The lowest BCUT2D eigenvalue weighted by atomic mass is 9.95. The minimum Gasteiger partial charge on any atom is -0.355 e. The molecule has 0 aliphatic carbocycles. The van der Waals surface area contributed by atoms with Gasteiger partial charge < -0.3 is 9.80 Å². The van der Waals surface area contributed by atoms with E-state index in [4.69, 9.17) is 0 Å². The SMILES string of the molecule is Cc1ccc(N2CCC(C(=O)N(C)Cc3ccccc3)CC2)nn1. The molecular formula is C19H24N4O. The van der Waals surface area contributed by atoms with Crippen LogP contribution in [0.15, 0.2) is 42.5 Å². The molecule has 1 aromatic heterocycles. The molecule has 0 bridgehead atoms. The van der Waals surface area contributed by atoms with Gasteiger partial charge in [0.1, 0.15) is 0 Å². The van der Waals surface area contributed by atoms with Crippen LogP contribution in [0.2, 0.25) is 0 Å². The van der Waals surface area contributed by atoms with Gasteiger partial charge >= 0.3 is 0 Å². The summed E-state index contributed by atoms with van der Waals surface area (Å²) in [4.78, 5) is 16.7. The first-order valence-electron chi connectivity index (χ1n) is 8.47. The van der Waals surface area contributed by atoms with Crippen molar-refractivity contribution in [1.29, 1.82) is 0 Å². The molecule has 0 saturated carbocycles. The third-order valence-corrected chi connectivity index (χ3v) is 4.59. The standard InChI is InChI=1S/C19H24N4O/c1-15-8-9-18(21-20-15)23-12-10-17(11-13-23)19(24)22(2)14-16-6-4-3-5-7-16/h3-9,17H,10-14H2,1-2H3. The minimum absolute atomic E-state index is 0.105. The maximum Gasteiger partial charge on any atom is 0.225 e. The highest BCUT2D eigenvalue weighted by atomic mass is 16.2. The minimum atomic E-state index is 0.105. The quantitative estimate of drug-likeness (QED) is 0.867. The molecule has 0 spiro atoms. The molecule has 2 aromatic rings. The Balaban J connectivity index is 1.54. The van der Waals surface area contributed by atoms with Crippen molar-refractivity contribution in [2.45, 2.75) is 26.3 Å². The Bertz CT molecular complexity index is 664. The second-order valence-electron chi connectivity index (χ2n) is 6.47. The second kappa shape index (κ2) is 7.43. The monoisotopic (exact) mass is 324 g/mol. The fourth-order valence-electron chi connectivity index (χ4n) is 3.16. The van der Waals surface area contributed by atoms with Gasteiger partial charge in [-0.25, -0.2) is 0 Å². The molecule has 1 aliphatic rings. The van der Waals surface area contributed by atoms with Crippen LogP contribution in [0.1, 0.15) is 24.1 Å². The molecular weight excluding hydrogens is 300 g/mol. The van der Waals surface area contributed by atoms with Gasteiger partial charge in [-0.1, -0.05) is 30.3 Å². The number of anilines is 1. The van der Waals surface area contributed by atoms with Crippen molar-refractivity contribution < 1.29 is 4.79 Å². The average Bonchev–Trinajstić information content (AvgIpc) is 2.63. The predicted octanol–water partition coefficient (Wildman–Crippen LogP) is 2.66. The Morgan fingerprint density at radius 2 is 1.83 bits per heavy atom. The van der Waals surface area contributed by atoms with Crippen molar-refractivity contribution in [1.82, 2.24) is 15.1 Å². The zero-order valence-electron chi connectivity index (χ0n) is 14.4. The molecule has 1 saturated heterocycles. The Kier molecular flexibility index (Phi) is 5.08. The number of aryl methyl sites for hydroxylation is 1. The Hall–Kier alpha value is -2.43. The van der Waals surface area contributed by atoms with Gasteiger partial charge in [0.05, 0.1) is 5.69 Å². The number of hydrogen-bond acceptors (Lipinski definition) is 4. The van der Waals surface area contributed by atoms with Crippen LogP contribution in [-0.2, 0) is 11.3 Å². The number of amides is 1. The summed E-state index contributed by atoms with van der Waals surface area (Å²) >= 11 is 0. The van der Waals surface area contributed by atoms with Gasteiger partial charge in [-0.3, -0.25) is 4.79 Å². The molecule has 5 heteroatoms. The zero-order chi connectivity index (χ0) is 16.9. The van der Waals surface area contributed by atoms with Crippen LogP contribution in [0.4, 0.5) is 5.82 Å². The molecule has 1 fully saturated rings. The number of hydrogen-bond donors (Lipinski definition) is 0. The van der Waals surface area contributed by atoms with Crippen LogP contribution < -0.4 is 4.90 Å². The van der Waals surface area contributed by atoms with Crippen molar-refractivity contribution in [2.24, 2.45) is 5.92 Å². The molecule has 0 atom stereocenters. The topological polar surface area (TPSA) is 49.3 Å². The van der Waals surface area contributed by atoms with Gasteiger partial charge in [-0.05, 0) is 37.5 Å². The van der Waals surface area contributed by atoms with Gasteiger partial charge in [0.25, 0.3) is 0 Å². The maximum absolute atomic E-state index is 12.7. The first kappa shape index (κ1) is 16.4. The molecule has 1 amide bonds. The molecule has 3 rings (SSSR count). The average molecular weight is 324 g/mol. The number of carbonyl (C=O) groups is 1. The molecule has 126 valence electrons. The van der Waals surface area contributed by atoms with E-state index >= 15 is 0 Å². The van der Waals surface area contributed by atoms with Crippen LogP contribution in [0.5, 0.6) is 0 Å². The van der Waals surface area contributed by atoms with Crippen LogP contribution in [0, 0.1) is 12.8 Å². The summed E-state index contributed by atoms with van der Waals surface area (Å²) in [5, 5.41) is 8.36. The number of rotatable bonds is 4. The fraction of sp³-hybridized carbons (Fsp3) is 0.421. The normalized spacial score (nSPS) is 15.3. The number of nitrogens with zero attached hydrogens (tertiary/aromatic N) is 4. The number of benzene rings is 1. The first-order chi connectivity index (χ1) is 11.6. The lowest BCUT2D eigenvalue weighted by molar-refractivity contribution is -0.135. The van der Waals surface area contributed by atoms with E-state index in [1.807, 2.05) is 49.2 Å². The van der Waals surface area contributed by atoms with Crippen molar-refractivity contribution in [3.8, 4) is 0 Å². The molecule has 0 radical (unpaired) electrons. The van der Waals surface area contributed by atoms with Crippen molar-refractivity contribution in [3.05, 3.63) is 53.7 Å². The van der Waals surface area contributed by atoms with E-state index in [9.17, 15) is 4.79 Å². The molecule has 5 nitrogen and oxygen atoms in total. The van der Waals surface area contributed by atoms with E-state index in [0.29, 0.717) is 6.54 Å². The first-order valence-corrected chi connectivity index (χ1v) is 8.47. The summed E-state index contributed by atoms with van der Waals surface area (Å²) in [6, 6.07) is 14.1. The van der Waals surface area contributed by atoms with Crippen LogP contribution >= 0.6 is 0 Å². The van der Waals surface area contributed by atoms with Crippen molar-refractivity contribution >= 4 is 11.7 Å². The third kappa shape index (κ3) is 3.91. The van der Waals surface area contributed by atoms with E-state index < -0.39 is 0 Å². The van der Waals surface area contributed by atoms with Gasteiger partial charge in [0.2, 0.25) is 5.91 Å². The van der Waals surface area contributed by atoms with E-state index in [-0.39, 0.29) is 11.8 Å². The molecule has 1 aliphatic heterocycles. The van der Waals surface area contributed by atoms with Crippen molar-refractivity contribution in [2.75, 3.05) is 25.0 Å². The van der Waals surface area contributed by atoms with E-state index in [1.54, 1.807) is 0 Å². The van der Waals surface area contributed by atoms with Gasteiger partial charge in [-0.2, -0.15) is 5.10 Å². The molecule has 24 heavy (non-hydrogen) atoms. The molecule has 2 heterocycles. The summed E-state index contributed by atoms with van der Waals surface area (Å²) in [6.45, 7) is 4.31. The smallest absolute Gasteiger partial charge is 0.225 e.